The average Bonchev–Trinajstić information content (AvgIpc) is 2.81. The molecular weight excluding hydrogens is 396 g/mol. The second-order valence-corrected chi connectivity index (χ2v) is 7.75. The zero-order valence-electron chi connectivity index (χ0n) is 16.7. The number of hydrogen-bond donors (Lipinski definition) is 1. The predicted octanol–water partition coefficient (Wildman–Crippen LogP) is 4.40. The number of piperazine rings is 1. The molecule has 0 radical (unpaired) electrons. The van der Waals surface area contributed by atoms with E-state index >= 15 is 0 Å². The molecule has 1 aliphatic rings. The highest BCUT2D eigenvalue weighted by Crippen LogP contribution is 2.25. The molecule has 0 bridgehead atoms. The Morgan fingerprint density at radius 2 is 1.50 bits per heavy atom. The SMILES string of the molecule is O=C(NCC(c1ccccc1)c1ccccc1)N1CCN(c2ncccc2Cl)CC1. The van der Waals surface area contributed by atoms with Gasteiger partial charge < -0.3 is 15.1 Å². The van der Waals surface area contributed by atoms with Gasteiger partial charge in [0.1, 0.15) is 5.82 Å². The van der Waals surface area contributed by atoms with Crippen LogP contribution in [0.15, 0.2) is 79.0 Å². The lowest BCUT2D eigenvalue weighted by molar-refractivity contribution is 0.194. The Morgan fingerprint density at radius 1 is 0.900 bits per heavy atom. The number of benzene rings is 2. The van der Waals surface area contributed by atoms with Crippen LogP contribution in [0.5, 0.6) is 0 Å². The van der Waals surface area contributed by atoms with Crippen molar-refractivity contribution < 1.29 is 4.79 Å². The van der Waals surface area contributed by atoms with E-state index in [1.54, 1.807) is 6.20 Å². The molecule has 6 heteroatoms. The maximum Gasteiger partial charge on any atom is 0.317 e. The fourth-order valence-corrected chi connectivity index (χ4v) is 4.07. The lowest BCUT2D eigenvalue weighted by Gasteiger charge is -2.36. The summed E-state index contributed by atoms with van der Waals surface area (Å²) >= 11 is 6.26. The molecule has 0 spiro atoms. The molecule has 0 unspecified atom stereocenters. The molecule has 1 saturated heterocycles. The zero-order chi connectivity index (χ0) is 20.8. The van der Waals surface area contributed by atoms with Crippen molar-refractivity contribution in [2.75, 3.05) is 37.6 Å². The zero-order valence-corrected chi connectivity index (χ0v) is 17.5. The van der Waals surface area contributed by atoms with E-state index in [-0.39, 0.29) is 11.9 Å². The van der Waals surface area contributed by atoms with Gasteiger partial charge in [0.25, 0.3) is 0 Å². The van der Waals surface area contributed by atoms with Crippen LogP contribution in [0.1, 0.15) is 17.0 Å². The van der Waals surface area contributed by atoms with Crippen LogP contribution >= 0.6 is 11.6 Å². The molecule has 30 heavy (non-hydrogen) atoms. The van der Waals surface area contributed by atoms with Crippen LogP contribution in [0.4, 0.5) is 10.6 Å². The molecule has 1 N–H and O–H groups in total. The van der Waals surface area contributed by atoms with E-state index in [0.29, 0.717) is 37.7 Å². The van der Waals surface area contributed by atoms with Crippen LogP contribution < -0.4 is 10.2 Å². The lowest BCUT2D eigenvalue weighted by atomic mass is 9.91. The number of urea groups is 1. The van der Waals surface area contributed by atoms with Gasteiger partial charge in [-0.15, -0.1) is 0 Å². The number of rotatable bonds is 5. The van der Waals surface area contributed by atoms with Crippen molar-refractivity contribution in [2.24, 2.45) is 0 Å². The van der Waals surface area contributed by atoms with Crippen molar-refractivity contribution >= 4 is 23.4 Å². The van der Waals surface area contributed by atoms with Gasteiger partial charge in [-0.25, -0.2) is 9.78 Å². The normalized spacial score (nSPS) is 14.1. The number of aromatic nitrogens is 1. The van der Waals surface area contributed by atoms with E-state index in [4.69, 9.17) is 11.6 Å². The highest BCUT2D eigenvalue weighted by Gasteiger charge is 2.24. The predicted molar refractivity (Wildman–Crippen MR) is 121 cm³/mol. The molecule has 154 valence electrons. The van der Waals surface area contributed by atoms with Gasteiger partial charge in [0.15, 0.2) is 0 Å². The molecule has 1 aliphatic heterocycles. The Bertz CT molecular complexity index is 920. The first-order chi connectivity index (χ1) is 14.7. The Kier molecular flexibility index (Phi) is 6.50. The van der Waals surface area contributed by atoms with E-state index in [9.17, 15) is 4.79 Å². The summed E-state index contributed by atoms with van der Waals surface area (Å²) in [7, 11) is 0. The largest absolute Gasteiger partial charge is 0.352 e. The monoisotopic (exact) mass is 420 g/mol. The molecule has 4 rings (SSSR count). The highest BCUT2D eigenvalue weighted by molar-refractivity contribution is 6.32. The van der Waals surface area contributed by atoms with Crippen LogP contribution in [-0.2, 0) is 0 Å². The number of carbonyl (C=O) groups excluding carboxylic acids is 1. The average molecular weight is 421 g/mol. The molecule has 5 nitrogen and oxygen atoms in total. The lowest BCUT2D eigenvalue weighted by Crippen LogP contribution is -2.52. The molecule has 2 heterocycles. The molecule has 1 aromatic heterocycles. The molecule has 3 aromatic rings. The summed E-state index contributed by atoms with van der Waals surface area (Å²) in [6.45, 7) is 3.26. The van der Waals surface area contributed by atoms with Crippen LogP contribution in [0.3, 0.4) is 0 Å². The first kappa shape index (κ1) is 20.2. The smallest absolute Gasteiger partial charge is 0.317 e. The minimum Gasteiger partial charge on any atom is -0.352 e. The van der Waals surface area contributed by atoms with Crippen molar-refractivity contribution in [3.8, 4) is 0 Å². The van der Waals surface area contributed by atoms with Gasteiger partial charge in [0.2, 0.25) is 0 Å². The van der Waals surface area contributed by atoms with E-state index in [2.05, 4.69) is 39.5 Å². The second-order valence-electron chi connectivity index (χ2n) is 7.34. The Labute approximate surface area is 182 Å². The number of nitrogens with zero attached hydrogens (tertiary/aromatic N) is 3. The van der Waals surface area contributed by atoms with Crippen molar-refractivity contribution in [2.45, 2.75) is 5.92 Å². The standard InChI is InChI=1S/C24H25ClN4O/c25-22-12-7-13-26-23(22)28-14-16-29(17-15-28)24(30)27-18-21(19-8-3-1-4-9-19)20-10-5-2-6-11-20/h1-13,21H,14-18H2,(H,27,30). The third-order valence-corrected chi connectivity index (χ3v) is 5.76. The fourth-order valence-electron chi connectivity index (χ4n) is 3.83. The first-order valence-corrected chi connectivity index (χ1v) is 10.6. The number of anilines is 1. The van der Waals surface area contributed by atoms with E-state index in [1.165, 1.54) is 11.1 Å². The Balaban J connectivity index is 1.37. The third kappa shape index (κ3) is 4.74. The first-order valence-electron chi connectivity index (χ1n) is 10.2. The molecule has 0 aliphatic carbocycles. The quantitative estimate of drug-likeness (QED) is 0.665. The summed E-state index contributed by atoms with van der Waals surface area (Å²) < 4.78 is 0. The van der Waals surface area contributed by atoms with Gasteiger partial charge in [0.05, 0.1) is 5.02 Å². The second kappa shape index (κ2) is 9.63. The van der Waals surface area contributed by atoms with Crippen LogP contribution in [0.2, 0.25) is 5.02 Å². The molecule has 2 aromatic carbocycles. The fraction of sp³-hybridized carbons (Fsp3) is 0.250. The van der Waals surface area contributed by atoms with E-state index in [1.807, 2.05) is 53.4 Å². The van der Waals surface area contributed by atoms with Crippen LogP contribution in [0, 0.1) is 0 Å². The molecule has 0 saturated carbocycles. The van der Waals surface area contributed by atoms with E-state index in [0.717, 1.165) is 5.82 Å². The minimum atomic E-state index is -0.0290. The molecule has 0 atom stereocenters. The maximum absolute atomic E-state index is 12.8. The van der Waals surface area contributed by atoms with Gasteiger partial charge >= 0.3 is 6.03 Å². The number of pyridine rings is 1. The summed E-state index contributed by atoms with van der Waals surface area (Å²) in [4.78, 5) is 21.2. The van der Waals surface area contributed by atoms with Crippen molar-refractivity contribution in [1.82, 2.24) is 15.2 Å². The maximum atomic E-state index is 12.8. The highest BCUT2D eigenvalue weighted by atomic mass is 35.5. The molecule has 1 fully saturated rings. The van der Waals surface area contributed by atoms with Crippen molar-refractivity contribution in [3.05, 3.63) is 95.1 Å². The van der Waals surface area contributed by atoms with Gasteiger partial charge in [-0.1, -0.05) is 72.3 Å². The van der Waals surface area contributed by atoms with Gasteiger partial charge in [-0.3, -0.25) is 0 Å². The Hall–Kier alpha value is -3.05. The summed E-state index contributed by atoms with van der Waals surface area (Å²) in [6, 6.07) is 24.3. The molecular formula is C24H25ClN4O. The number of hydrogen-bond acceptors (Lipinski definition) is 3. The number of amides is 2. The van der Waals surface area contributed by atoms with Gasteiger partial charge in [-0.2, -0.15) is 0 Å². The van der Waals surface area contributed by atoms with Crippen LogP contribution in [-0.4, -0.2) is 48.6 Å². The number of nitrogens with one attached hydrogen (secondary N) is 1. The van der Waals surface area contributed by atoms with Gasteiger partial charge in [0, 0.05) is 44.8 Å². The number of carbonyl (C=O) groups is 1. The minimum absolute atomic E-state index is 0.0290. The van der Waals surface area contributed by atoms with Crippen molar-refractivity contribution in [1.29, 1.82) is 0 Å². The summed E-state index contributed by atoms with van der Waals surface area (Å²) in [6.07, 6.45) is 1.74. The summed E-state index contributed by atoms with van der Waals surface area (Å²) in [5.74, 6) is 0.900. The third-order valence-electron chi connectivity index (χ3n) is 5.47. The van der Waals surface area contributed by atoms with Crippen molar-refractivity contribution in [3.63, 3.8) is 0 Å². The topological polar surface area (TPSA) is 48.5 Å². The van der Waals surface area contributed by atoms with Gasteiger partial charge in [-0.05, 0) is 23.3 Å². The van der Waals surface area contributed by atoms with E-state index < -0.39 is 0 Å². The molecule has 2 amide bonds. The number of halogens is 1. The van der Waals surface area contributed by atoms with Crippen LogP contribution in [0.25, 0.3) is 0 Å². The Morgan fingerprint density at radius 3 is 2.07 bits per heavy atom. The summed E-state index contributed by atoms with van der Waals surface area (Å²) in [5.41, 5.74) is 2.39. The summed E-state index contributed by atoms with van der Waals surface area (Å²) in [5, 5.41) is 3.78.